The molecule has 0 bridgehead atoms. The average molecular weight is 666 g/mol. The molecule has 0 spiro atoms. The van der Waals surface area contributed by atoms with Gasteiger partial charge < -0.3 is 24.6 Å². The number of aliphatic imine (C=N–C) groups is 1. The Bertz CT molecular complexity index is 1570. The van der Waals surface area contributed by atoms with Crippen molar-refractivity contribution in [1.29, 1.82) is 0 Å². The van der Waals surface area contributed by atoms with Gasteiger partial charge in [-0.2, -0.15) is 31.3 Å². The summed E-state index contributed by atoms with van der Waals surface area (Å²) in [5.74, 6) is 0.561. The molecule has 4 aliphatic rings. The maximum Gasteiger partial charge on any atom is 0.423 e. The van der Waals surface area contributed by atoms with Crippen LogP contribution in [0.4, 0.5) is 37.8 Å². The number of anilines is 2. The van der Waals surface area contributed by atoms with E-state index in [2.05, 4.69) is 20.0 Å². The molecule has 0 saturated carbocycles. The molecule has 4 aliphatic heterocycles. The van der Waals surface area contributed by atoms with Crippen LogP contribution in [0.15, 0.2) is 71.9 Å². The zero-order valence-corrected chi connectivity index (χ0v) is 24.7. The molecule has 0 aliphatic carbocycles. The smallest absolute Gasteiger partial charge is 0.378 e. The molecule has 1 aromatic heterocycles. The lowest BCUT2D eigenvalue weighted by atomic mass is 10.1. The lowest BCUT2D eigenvalue weighted by Crippen LogP contribution is -2.59. The van der Waals surface area contributed by atoms with Crippen LogP contribution in [0.3, 0.4) is 0 Å². The Morgan fingerprint density at radius 3 is 2.47 bits per heavy atom. The molecule has 0 unspecified atom stereocenters. The molecule has 2 amide bonds. The van der Waals surface area contributed by atoms with Crippen molar-refractivity contribution >= 4 is 29.2 Å². The summed E-state index contributed by atoms with van der Waals surface area (Å²) < 4.78 is 86.4. The predicted molar refractivity (Wildman–Crippen MR) is 156 cm³/mol. The number of hydrogen-bond donors (Lipinski definition) is 1. The normalized spacial score (nSPS) is 19.0. The van der Waals surface area contributed by atoms with Gasteiger partial charge in [0.1, 0.15) is 11.5 Å². The minimum Gasteiger partial charge on any atom is -0.378 e. The molecular formula is C30H29F6N7O4+. The van der Waals surface area contributed by atoms with E-state index >= 15 is 0 Å². The molecule has 2 saturated heterocycles. The van der Waals surface area contributed by atoms with Crippen LogP contribution in [0.5, 0.6) is 0 Å². The van der Waals surface area contributed by atoms with Crippen molar-refractivity contribution in [3.63, 3.8) is 0 Å². The minimum absolute atomic E-state index is 0.110. The summed E-state index contributed by atoms with van der Waals surface area (Å²) in [6, 6.07) is 10.4. The van der Waals surface area contributed by atoms with Crippen LogP contribution in [0.1, 0.15) is 15.9 Å². The highest BCUT2D eigenvalue weighted by molar-refractivity contribution is 6.06. The van der Waals surface area contributed by atoms with Gasteiger partial charge in [0.25, 0.3) is 5.91 Å². The minimum atomic E-state index is -5.61. The number of aromatic nitrogens is 1. The van der Waals surface area contributed by atoms with E-state index in [1.54, 1.807) is 47.6 Å². The summed E-state index contributed by atoms with van der Waals surface area (Å²) in [4.78, 5) is 41.1. The zero-order chi connectivity index (χ0) is 33.3. The number of amides is 2. The number of ether oxygens (including phenoxy) is 2. The SMILES string of the molecule is O=C(Cc1cccc(N2C=C(Nc3ccc(C(=O)N4CCOCC4)cn3)C3=NC=C[N+]3C2)c1)N1CC(OC(C(F)(F)F)C(F)(F)F)C1. The Morgan fingerprint density at radius 2 is 1.79 bits per heavy atom. The number of likely N-dealkylation sites (tertiary alicyclic amines) is 1. The number of amidine groups is 1. The molecule has 1 N–H and O–H groups in total. The molecule has 5 heterocycles. The monoisotopic (exact) mass is 665 g/mol. The summed E-state index contributed by atoms with van der Waals surface area (Å²) in [7, 11) is 0. The van der Waals surface area contributed by atoms with Gasteiger partial charge in [0.15, 0.2) is 6.20 Å². The van der Waals surface area contributed by atoms with Crippen molar-refractivity contribution in [2.75, 3.05) is 56.3 Å². The van der Waals surface area contributed by atoms with E-state index in [1.807, 2.05) is 22.1 Å². The van der Waals surface area contributed by atoms with E-state index in [-0.39, 0.29) is 25.4 Å². The number of morpholine rings is 1. The third-order valence-corrected chi connectivity index (χ3v) is 7.84. The number of alkyl halides is 6. The molecule has 2 aromatic rings. The van der Waals surface area contributed by atoms with E-state index < -0.39 is 30.5 Å². The van der Waals surface area contributed by atoms with E-state index in [4.69, 9.17) is 4.74 Å². The third-order valence-electron chi connectivity index (χ3n) is 7.84. The van der Waals surface area contributed by atoms with Crippen LogP contribution in [0.25, 0.3) is 0 Å². The third kappa shape index (κ3) is 7.41. The first kappa shape index (κ1) is 32.5. The molecule has 17 heteroatoms. The Kier molecular flexibility index (Phi) is 8.95. The average Bonchev–Trinajstić information content (AvgIpc) is 3.49. The highest BCUT2D eigenvalue weighted by Crippen LogP contribution is 2.37. The standard InChI is InChI=1S/C30H29F6N7O4/c31-29(32,33)28(30(34,35)36)47-22-15-42(16-22)25(44)13-19-2-1-3-21(12-19)43-17-23(26-37-6-7-41(26)18-43)39-24-5-4-20(14-38-24)27(45)40-8-10-46-11-9-40/h1-7,12,14,17,22,28H,8-11,13,15-16,18H2,(H,38,39)/q+1. The fourth-order valence-electron chi connectivity index (χ4n) is 5.40. The highest BCUT2D eigenvalue weighted by atomic mass is 19.4. The summed E-state index contributed by atoms with van der Waals surface area (Å²) in [5.41, 5.74) is 2.39. The molecule has 1 radical (unpaired) electrons. The number of nitrogens with zero attached hydrogens (tertiary/aromatic N) is 6. The molecule has 1 aromatic carbocycles. The second-order valence-corrected chi connectivity index (χ2v) is 11.2. The Labute approximate surface area is 264 Å². The topological polar surface area (TPSA) is 106 Å². The van der Waals surface area contributed by atoms with Crippen molar-refractivity contribution < 1.29 is 45.4 Å². The molecule has 11 nitrogen and oxygen atoms in total. The highest BCUT2D eigenvalue weighted by Gasteiger charge is 2.59. The molecule has 249 valence electrons. The molecule has 0 atom stereocenters. The summed E-state index contributed by atoms with van der Waals surface area (Å²) in [5, 5.41) is 3.25. The maximum atomic E-state index is 12.8. The van der Waals surface area contributed by atoms with Crippen LogP contribution in [-0.4, -0.2) is 103 Å². The number of pyridine rings is 1. The fraction of sp³-hybridized carbons (Fsp3) is 0.400. The predicted octanol–water partition coefficient (Wildman–Crippen LogP) is 3.57. The first-order chi connectivity index (χ1) is 22.3. The van der Waals surface area contributed by atoms with Gasteiger partial charge in [-0.25, -0.2) is 4.98 Å². The quantitative estimate of drug-likeness (QED) is 0.340. The van der Waals surface area contributed by atoms with Gasteiger partial charge in [-0.15, -0.1) is 0 Å². The number of halogens is 6. The van der Waals surface area contributed by atoms with Gasteiger partial charge in [-0.05, 0) is 29.8 Å². The first-order valence-corrected chi connectivity index (χ1v) is 14.6. The van der Waals surface area contributed by atoms with Crippen LogP contribution in [0.2, 0.25) is 0 Å². The van der Waals surface area contributed by atoms with Gasteiger partial charge >= 0.3 is 18.2 Å². The number of benzene rings is 1. The van der Waals surface area contributed by atoms with Gasteiger partial charge in [0.05, 0.1) is 37.5 Å². The maximum absolute atomic E-state index is 12.8. The van der Waals surface area contributed by atoms with Crippen molar-refractivity contribution in [3.05, 3.63) is 78.0 Å². The van der Waals surface area contributed by atoms with Crippen molar-refractivity contribution in [2.24, 2.45) is 4.99 Å². The number of carbonyl (C=O) groups excluding carboxylic acids is 2. The number of carbonyl (C=O) groups is 2. The number of rotatable bonds is 8. The first-order valence-electron chi connectivity index (χ1n) is 14.6. The number of fused-ring (bicyclic) bond motifs is 1. The lowest BCUT2D eigenvalue weighted by molar-refractivity contribution is -0.336. The van der Waals surface area contributed by atoms with Gasteiger partial charge in [-0.1, -0.05) is 17.0 Å². The molecule has 47 heavy (non-hydrogen) atoms. The summed E-state index contributed by atoms with van der Waals surface area (Å²) in [6.45, 7) is 1.67. The van der Waals surface area contributed by atoms with Crippen molar-refractivity contribution in [1.82, 2.24) is 19.7 Å². The van der Waals surface area contributed by atoms with Crippen LogP contribution in [-0.2, 0) is 20.7 Å². The van der Waals surface area contributed by atoms with Crippen LogP contribution < -0.4 is 15.1 Å². The largest absolute Gasteiger partial charge is 0.423 e. The van der Waals surface area contributed by atoms with Gasteiger partial charge in [0, 0.05) is 44.3 Å². The van der Waals surface area contributed by atoms with Gasteiger partial charge in [0.2, 0.25) is 18.7 Å². The van der Waals surface area contributed by atoms with E-state index in [1.165, 1.54) is 6.20 Å². The van der Waals surface area contributed by atoms with Crippen molar-refractivity contribution in [2.45, 2.75) is 31.0 Å². The molecule has 2 fully saturated rings. The fourth-order valence-corrected chi connectivity index (χ4v) is 5.40. The molecular weight excluding hydrogens is 636 g/mol. The zero-order valence-electron chi connectivity index (χ0n) is 24.7. The van der Waals surface area contributed by atoms with Crippen LogP contribution >= 0.6 is 0 Å². The van der Waals surface area contributed by atoms with E-state index in [0.717, 1.165) is 10.6 Å². The Balaban J connectivity index is 1.09. The second kappa shape index (κ2) is 13.0. The lowest BCUT2D eigenvalue weighted by Gasteiger charge is -2.41. The second-order valence-electron chi connectivity index (χ2n) is 11.2. The van der Waals surface area contributed by atoms with Crippen molar-refractivity contribution in [3.8, 4) is 0 Å². The van der Waals surface area contributed by atoms with Crippen LogP contribution in [0, 0.1) is 0 Å². The molecule has 6 rings (SSSR count). The van der Waals surface area contributed by atoms with E-state index in [0.29, 0.717) is 61.4 Å². The summed E-state index contributed by atoms with van der Waals surface area (Å²) >= 11 is 0. The van der Waals surface area contributed by atoms with Gasteiger partial charge in [-0.3, -0.25) is 14.5 Å². The Morgan fingerprint density at radius 1 is 1.04 bits per heavy atom. The number of hydrogen-bond acceptors (Lipinski definition) is 9. The van der Waals surface area contributed by atoms with E-state index in [9.17, 15) is 35.9 Å². The summed E-state index contributed by atoms with van der Waals surface area (Å²) in [6.07, 6.45) is -9.82. The Hall–Kier alpha value is -4.48. The number of nitrogens with one attached hydrogen (secondary N) is 1.